The molecule has 2 unspecified atom stereocenters. The van der Waals surface area contributed by atoms with Crippen molar-refractivity contribution in [1.29, 1.82) is 5.26 Å². The molecule has 0 fully saturated rings. The molecule has 1 aliphatic heterocycles. The Balaban J connectivity index is 1.33. The molecule has 3 N–H and O–H groups in total. The number of nitriles is 1. The van der Waals surface area contributed by atoms with E-state index in [1.54, 1.807) is 24.7 Å². The molecule has 4 aromatic rings. The molecule has 3 heterocycles. The molecule has 44 heavy (non-hydrogen) atoms. The molecule has 0 radical (unpaired) electrons. The smallest absolute Gasteiger partial charge is 0.224 e. The molecule has 1 aliphatic rings. The highest BCUT2D eigenvalue weighted by atomic mass is 35.5. The Hall–Kier alpha value is -4.53. The monoisotopic (exact) mass is 616 g/mol. The number of fused-ring (bicyclic) bond motifs is 2. The van der Waals surface area contributed by atoms with E-state index in [1.807, 2.05) is 61.8 Å². The number of benzene rings is 2. The molecule has 2 atom stereocenters. The Morgan fingerprint density at radius 2 is 2.05 bits per heavy atom. The van der Waals surface area contributed by atoms with E-state index in [1.165, 1.54) is 0 Å². The zero-order valence-electron chi connectivity index (χ0n) is 25.4. The first-order valence-electron chi connectivity index (χ1n) is 14.6. The van der Waals surface area contributed by atoms with E-state index in [4.69, 9.17) is 21.1 Å². The average Bonchev–Trinajstić information content (AvgIpc) is 3.37. The third kappa shape index (κ3) is 7.15. The van der Waals surface area contributed by atoms with E-state index in [2.05, 4.69) is 32.0 Å². The summed E-state index contributed by atoms with van der Waals surface area (Å²) in [4.78, 5) is 23.6. The van der Waals surface area contributed by atoms with Gasteiger partial charge in [-0.1, -0.05) is 11.6 Å². The van der Waals surface area contributed by atoms with Crippen molar-refractivity contribution in [2.24, 2.45) is 13.0 Å². The molecule has 0 aliphatic carbocycles. The van der Waals surface area contributed by atoms with Crippen LogP contribution in [0.3, 0.4) is 0 Å². The van der Waals surface area contributed by atoms with Gasteiger partial charge in [0.25, 0.3) is 0 Å². The summed E-state index contributed by atoms with van der Waals surface area (Å²) >= 11 is 6.64. The molecule has 11 nitrogen and oxygen atoms in total. The first kappa shape index (κ1) is 30.9. The number of nitrogens with one attached hydrogen (secondary N) is 3. The SMILES string of the molecule is CCOc1cc2c(cc1NC(=O)CCCN(C)C)C(Nc1ccc(OCc3cnc4c(c3)ncn4C)c(Cl)c1)C(C#N)CN2. The maximum absolute atomic E-state index is 12.8. The molecule has 0 bridgehead atoms. The van der Waals surface area contributed by atoms with Gasteiger partial charge in [-0.3, -0.25) is 4.79 Å². The second-order valence-corrected chi connectivity index (χ2v) is 11.4. The number of halogens is 1. The Morgan fingerprint density at radius 1 is 1.20 bits per heavy atom. The molecular formula is C32H37ClN8O3. The van der Waals surface area contributed by atoms with E-state index in [-0.39, 0.29) is 24.5 Å². The van der Waals surface area contributed by atoms with E-state index in [0.717, 1.165) is 46.6 Å². The lowest BCUT2D eigenvalue weighted by molar-refractivity contribution is -0.116. The van der Waals surface area contributed by atoms with Crippen LogP contribution in [0.25, 0.3) is 11.2 Å². The number of pyridine rings is 1. The number of ether oxygens (including phenoxy) is 2. The Bertz CT molecular complexity index is 1680. The third-order valence-corrected chi connectivity index (χ3v) is 7.70. The zero-order chi connectivity index (χ0) is 31.2. The van der Waals surface area contributed by atoms with Gasteiger partial charge in [0, 0.05) is 54.8 Å². The summed E-state index contributed by atoms with van der Waals surface area (Å²) in [6.45, 7) is 3.91. The van der Waals surface area contributed by atoms with Crippen molar-refractivity contribution in [2.45, 2.75) is 32.4 Å². The predicted octanol–water partition coefficient (Wildman–Crippen LogP) is 5.60. The summed E-state index contributed by atoms with van der Waals surface area (Å²) in [5.41, 5.74) is 5.49. The third-order valence-electron chi connectivity index (χ3n) is 7.41. The summed E-state index contributed by atoms with van der Waals surface area (Å²) in [7, 11) is 5.87. The van der Waals surface area contributed by atoms with E-state index in [9.17, 15) is 10.1 Å². The standard InChI is InChI=1S/C32H37ClN8O3/c1-5-43-29-14-25-23(13-26(29)39-30(42)7-6-10-40(2)3)31(21(15-34)17-35-25)38-22-8-9-28(24(33)12-22)44-18-20-11-27-32(36-16-20)41(4)19-37-27/h8-9,11-14,16,19,21,31,35,38H,5-7,10,17-18H2,1-4H3,(H,39,42). The fourth-order valence-corrected chi connectivity index (χ4v) is 5.42. The lowest BCUT2D eigenvalue weighted by Crippen LogP contribution is -2.31. The van der Waals surface area contributed by atoms with Crippen LogP contribution < -0.4 is 25.4 Å². The molecule has 5 rings (SSSR count). The molecule has 230 valence electrons. The number of rotatable bonds is 12. The zero-order valence-corrected chi connectivity index (χ0v) is 26.1. The summed E-state index contributed by atoms with van der Waals surface area (Å²) in [5.74, 6) is 0.640. The van der Waals surface area contributed by atoms with Gasteiger partial charge >= 0.3 is 0 Å². The number of aromatic nitrogens is 3. The number of amides is 1. The molecular weight excluding hydrogens is 580 g/mol. The van der Waals surface area contributed by atoms with Gasteiger partial charge in [-0.15, -0.1) is 0 Å². The van der Waals surface area contributed by atoms with Crippen LogP contribution in [-0.4, -0.2) is 59.1 Å². The molecule has 2 aromatic carbocycles. The molecule has 12 heteroatoms. The summed E-state index contributed by atoms with van der Waals surface area (Å²) in [6, 6.07) is 13.2. The largest absolute Gasteiger partial charge is 0.492 e. The number of carbonyl (C=O) groups excluding carboxylic acids is 1. The summed E-state index contributed by atoms with van der Waals surface area (Å²) < 4.78 is 13.7. The van der Waals surface area contributed by atoms with Crippen LogP contribution in [-0.2, 0) is 18.4 Å². The van der Waals surface area contributed by atoms with Crippen LogP contribution in [0.15, 0.2) is 48.9 Å². The maximum atomic E-state index is 12.8. The minimum Gasteiger partial charge on any atom is -0.492 e. The average molecular weight is 617 g/mol. The van der Waals surface area contributed by atoms with Crippen LogP contribution in [0, 0.1) is 17.2 Å². The van der Waals surface area contributed by atoms with Gasteiger partial charge in [-0.2, -0.15) is 5.26 Å². The van der Waals surface area contributed by atoms with Gasteiger partial charge < -0.3 is 34.9 Å². The Kier molecular flexibility index (Phi) is 9.72. The number of anilines is 3. The van der Waals surface area contributed by atoms with Gasteiger partial charge in [-0.05, 0) is 64.3 Å². The second-order valence-electron chi connectivity index (χ2n) is 11.0. The molecule has 2 aromatic heterocycles. The Labute approximate surface area is 262 Å². The normalized spacial score (nSPS) is 15.8. The lowest BCUT2D eigenvalue weighted by atomic mass is 9.88. The highest BCUT2D eigenvalue weighted by Gasteiger charge is 2.31. The van der Waals surface area contributed by atoms with Gasteiger partial charge in [0.1, 0.15) is 23.6 Å². The summed E-state index contributed by atoms with van der Waals surface area (Å²) in [5, 5.41) is 20.3. The second kappa shape index (κ2) is 13.8. The fraction of sp³-hybridized carbons (Fsp3) is 0.375. The van der Waals surface area contributed by atoms with Crippen LogP contribution in [0.4, 0.5) is 17.1 Å². The van der Waals surface area contributed by atoms with Crippen LogP contribution in [0.1, 0.15) is 36.9 Å². The maximum Gasteiger partial charge on any atom is 0.224 e. The fourth-order valence-electron chi connectivity index (χ4n) is 5.19. The Morgan fingerprint density at radius 3 is 2.80 bits per heavy atom. The van der Waals surface area contributed by atoms with Crippen molar-refractivity contribution in [3.8, 4) is 17.6 Å². The number of aryl methyl sites for hydroxylation is 1. The van der Waals surface area contributed by atoms with Gasteiger partial charge in [0.05, 0.1) is 41.7 Å². The topological polar surface area (TPSA) is 129 Å². The van der Waals surface area contributed by atoms with Crippen molar-refractivity contribution >= 4 is 45.7 Å². The van der Waals surface area contributed by atoms with Crippen LogP contribution >= 0.6 is 11.6 Å². The minimum absolute atomic E-state index is 0.0871. The molecule has 1 amide bonds. The van der Waals surface area contributed by atoms with Crippen molar-refractivity contribution in [3.63, 3.8) is 0 Å². The van der Waals surface area contributed by atoms with Crippen molar-refractivity contribution in [3.05, 3.63) is 65.1 Å². The molecule has 0 spiro atoms. The number of nitrogens with zero attached hydrogens (tertiary/aromatic N) is 5. The van der Waals surface area contributed by atoms with Crippen molar-refractivity contribution in [1.82, 2.24) is 19.4 Å². The number of hydrogen-bond donors (Lipinski definition) is 3. The van der Waals surface area contributed by atoms with Gasteiger partial charge in [0.15, 0.2) is 5.65 Å². The number of hydrogen-bond acceptors (Lipinski definition) is 9. The first-order valence-corrected chi connectivity index (χ1v) is 15.0. The number of imidazole rings is 1. The predicted molar refractivity (Wildman–Crippen MR) is 172 cm³/mol. The minimum atomic E-state index is -0.382. The van der Waals surface area contributed by atoms with Gasteiger partial charge in [-0.25, -0.2) is 9.97 Å². The van der Waals surface area contributed by atoms with E-state index >= 15 is 0 Å². The number of carbonyl (C=O) groups is 1. The van der Waals surface area contributed by atoms with Gasteiger partial charge in [0.2, 0.25) is 5.91 Å². The highest BCUT2D eigenvalue weighted by molar-refractivity contribution is 6.32. The summed E-state index contributed by atoms with van der Waals surface area (Å²) in [6.07, 6.45) is 4.63. The molecule has 0 saturated heterocycles. The van der Waals surface area contributed by atoms with Crippen molar-refractivity contribution < 1.29 is 14.3 Å². The quantitative estimate of drug-likeness (QED) is 0.186. The van der Waals surface area contributed by atoms with E-state index in [0.29, 0.717) is 41.8 Å². The lowest BCUT2D eigenvalue weighted by Gasteiger charge is -2.33. The van der Waals surface area contributed by atoms with Crippen molar-refractivity contribution in [2.75, 3.05) is 49.7 Å². The van der Waals surface area contributed by atoms with Crippen LogP contribution in [0.5, 0.6) is 11.5 Å². The highest BCUT2D eigenvalue weighted by Crippen LogP contribution is 2.42. The van der Waals surface area contributed by atoms with Crippen LogP contribution in [0.2, 0.25) is 5.02 Å². The first-order chi connectivity index (χ1) is 21.2. The molecule has 0 saturated carbocycles. The van der Waals surface area contributed by atoms with E-state index < -0.39 is 0 Å².